The highest BCUT2D eigenvalue weighted by Gasteiger charge is 2.06. The van der Waals surface area contributed by atoms with Crippen LogP contribution in [0.25, 0.3) is 0 Å². The standard InChI is InChI=1S/C18H25FN4S/c1-14-13-24-17(22-14)6-4-5-11-21-18(20-2)23(3)12-15-7-9-16(19)10-8-15/h7-10,13H,4-6,11-12H2,1-3H3,(H,20,21). The normalized spacial score (nSPS) is 11.6. The summed E-state index contributed by atoms with van der Waals surface area (Å²) in [7, 11) is 3.76. The molecule has 1 aromatic carbocycles. The Hall–Kier alpha value is -1.95. The zero-order chi connectivity index (χ0) is 17.4. The van der Waals surface area contributed by atoms with Crippen LogP contribution in [0.3, 0.4) is 0 Å². The van der Waals surface area contributed by atoms with E-state index in [2.05, 4.69) is 20.7 Å². The second-order valence-electron chi connectivity index (χ2n) is 5.80. The lowest BCUT2D eigenvalue weighted by molar-refractivity contribution is 0.474. The third-order valence-electron chi connectivity index (χ3n) is 3.67. The highest BCUT2D eigenvalue weighted by molar-refractivity contribution is 7.09. The van der Waals surface area contributed by atoms with Crippen molar-refractivity contribution in [3.63, 3.8) is 0 Å². The number of aryl methyl sites for hydroxylation is 2. The van der Waals surface area contributed by atoms with E-state index >= 15 is 0 Å². The Bertz CT molecular complexity index is 651. The van der Waals surface area contributed by atoms with Crippen LogP contribution in [0, 0.1) is 12.7 Å². The van der Waals surface area contributed by atoms with Crippen molar-refractivity contribution >= 4 is 17.3 Å². The van der Waals surface area contributed by atoms with Crippen molar-refractivity contribution in [2.24, 2.45) is 4.99 Å². The first-order valence-corrected chi connectivity index (χ1v) is 9.03. The summed E-state index contributed by atoms with van der Waals surface area (Å²) in [4.78, 5) is 10.8. The number of benzene rings is 1. The highest BCUT2D eigenvalue weighted by atomic mass is 32.1. The topological polar surface area (TPSA) is 40.5 Å². The maximum Gasteiger partial charge on any atom is 0.193 e. The molecular weight excluding hydrogens is 323 g/mol. The van der Waals surface area contributed by atoms with E-state index in [1.807, 2.05) is 18.9 Å². The maximum absolute atomic E-state index is 13.0. The minimum Gasteiger partial charge on any atom is -0.356 e. The average molecular weight is 348 g/mol. The molecule has 0 aliphatic heterocycles. The lowest BCUT2D eigenvalue weighted by Crippen LogP contribution is -2.38. The Balaban J connectivity index is 1.70. The van der Waals surface area contributed by atoms with Crippen molar-refractivity contribution < 1.29 is 4.39 Å². The molecule has 2 rings (SSSR count). The number of nitrogens with one attached hydrogen (secondary N) is 1. The molecular formula is C18H25FN4S. The van der Waals surface area contributed by atoms with E-state index in [0.29, 0.717) is 6.54 Å². The minimum absolute atomic E-state index is 0.209. The van der Waals surface area contributed by atoms with Crippen LogP contribution < -0.4 is 5.32 Å². The van der Waals surface area contributed by atoms with E-state index in [-0.39, 0.29) is 5.82 Å². The third-order valence-corrected chi connectivity index (χ3v) is 4.70. The quantitative estimate of drug-likeness (QED) is 0.472. The number of aliphatic imine (C=N–C) groups is 1. The largest absolute Gasteiger partial charge is 0.356 e. The Morgan fingerprint density at radius 1 is 1.29 bits per heavy atom. The molecule has 0 bridgehead atoms. The highest BCUT2D eigenvalue weighted by Crippen LogP contribution is 2.11. The molecule has 0 saturated carbocycles. The Morgan fingerprint density at radius 3 is 2.67 bits per heavy atom. The van der Waals surface area contributed by atoms with Gasteiger partial charge in [0, 0.05) is 38.3 Å². The van der Waals surface area contributed by atoms with Crippen LogP contribution in [0.4, 0.5) is 4.39 Å². The van der Waals surface area contributed by atoms with Gasteiger partial charge >= 0.3 is 0 Å². The molecule has 0 fully saturated rings. The molecule has 1 N–H and O–H groups in total. The van der Waals surface area contributed by atoms with Crippen molar-refractivity contribution in [1.82, 2.24) is 15.2 Å². The van der Waals surface area contributed by atoms with Gasteiger partial charge in [-0.15, -0.1) is 11.3 Å². The van der Waals surface area contributed by atoms with Crippen molar-refractivity contribution in [1.29, 1.82) is 0 Å². The van der Waals surface area contributed by atoms with Crippen LogP contribution in [0.15, 0.2) is 34.6 Å². The monoisotopic (exact) mass is 348 g/mol. The molecule has 0 unspecified atom stereocenters. The minimum atomic E-state index is -0.209. The van der Waals surface area contributed by atoms with Gasteiger partial charge < -0.3 is 10.2 Å². The molecule has 0 spiro atoms. The summed E-state index contributed by atoms with van der Waals surface area (Å²) < 4.78 is 13.0. The predicted molar refractivity (Wildman–Crippen MR) is 99.0 cm³/mol. The average Bonchev–Trinajstić information content (AvgIpc) is 2.98. The van der Waals surface area contributed by atoms with Crippen molar-refractivity contribution in [3.05, 3.63) is 51.7 Å². The number of hydrogen-bond donors (Lipinski definition) is 1. The maximum atomic E-state index is 13.0. The summed E-state index contributed by atoms with van der Waals surface area (Å²) in [6.45, 7) is 3.60. The van der Waals surface area contributed by atoms with Crippen molar-refractivity contribution in [2.45, 2.75) is 32.7 Å². The fourth-order valence-electron chi connectivity index (χ4n) is 2.44. The zero-order valence-corrected chi connectivity index (χ0v) is 15.4. The summed E-state index contributed by atoms with van der Waals surface area (Å²) in [5.74, 6) is 0.642. The summed E-state index contributed by atoms with van der Waals surface area (Å²) in [5, 5.41) is 6.69. The van der Waals surface area contributed by atoms with Crippen LogP contribution in [-0.4, -0.2) is 36.5 Å². The number of hydrogen-bond acceptors (Lipinski definition) is 3. The molecule has 0 atom stereocenters. The SMILES string of the molecule is CN=C(NCCCCc1nc(C)cs1)N(C)Cc1ccc(F)cc1. The summed E-state index contributed by atoms with van der Waals surface area (Å²) in [5.41, 5.74) is 2.16. The fourth-order valence-corrected chi connectivity index (χ4v) is 3.26. The van der Waals surface area contributed by atoms with Crippen molar-refractivity contribution in [3.8, 4) is 0 Å². The lowest BCUT2D eigenvalue weighted by Gasteiger charge is -2.22. The molecule has 0 aliphatic rings. The van der Waals surface area contributed by atoms with Gasteiger partial charge in [-0.25, -0.2) is 9.37 Å². The number of halogens is 1. The Kier molecular flexibility index (Phi) is 7.18. The first-order valence-electron chi connectivity index (χ1n) is 8.15. The van der Waals surface area contributed by atoms with E-state index in [1.54, 1.807) is 30.5 Å². The van der Waals surface area contributed by atoms with E-state index in [4.69, 9.17) is 0 Å². The third kappa shape index (κ3) is 5.92. The molecule has 0 aliphatic carbocycles. The molecule has 24 heavy (non-hydrogen) atoms. The number of guanidine groups is 1. The van der Waals surface area contributed by atoms with Gasteiger partial charge in [0.15, 0.2) is 5.96 Å². The molecule has 4 nitrogen and oxygen atoms in total. The summed E-state index contributed by atoms with van der Waals surface area (Å²) >= 11 is 1.74. The molecule has 0 radical (unpaired) electrons. The number of thiazole rings is 1. The van der Waals surface area contributed by atoms with Crippen LogP contribution in [-0.2, 0) is 13.0 Å². The smallest absolute Gasteiger partial charge is 0.193 e. The molecule has 0 amide bonds. The van der Waals surface area contributed by atoms with Crippen LogP contribution in [0.5, 0.6) is 0 Å². The zero-order valence-electron chi connectivity index (χ0n) is 14.6. The predicted octanol–water partition coefficient (Wildman–Crippen LogP) is 3.62. The second-order valence-corrected chi connectivity index (χ2v) is 6.74. The van der Waals surface area contributed by atoms with Gasteiger partial charge in [0.1, 0.15) is 5.82 Å². The van der Waals surface area contributed by atoms with Gasteiger partial charge in [0.05, 0.1) is 5.01 Å². The fraction of sp³-hybridized carbons (Fsp3) is 0.444. The van der Waals surface area contributed by atoms with Crippen LogP contribution in [0.1, 0.15) is 29.1 Å². The van der Waals surface area contributed by atoms with Gasteiger partial charge in [-0.3, -0.25) is 4.99 Å². The van der Waals surface area contributed by atoms with Crippen LogP contribution >= 0.6 is 11.3 Å². The molecule has 2 aromatic rings. The Labute approximate surface area is 147 Å². The molecule has 6 heteroatoms. The van der Waals surface area contributed by atoms with Gasteiger partial charge in [-0.2, -0.15) is 0 Å². The van der Waals surface area contributed by atoms with Crippen LogP contribution in [0.2, 0.25) is 0 Å². The van der Waals surface area contributed by atoms with Gasteiger partial charge in [-0.1, -0.05) is 12.1 Å². The molecule has 1 heterocycles. The molecule has 130 valence electrons. The van der Waals surface area contributed by atoms with Crippen molar-refractivity contribution in [2.75, 3.05) is 20.6 Å². The number of rotatable bonds is 7. The first-order chi connectivity index (χ1) is 11.6. The molecule has 1 aromatic heterocycles. The van der Waals surface area contributed by atoms with E-state index in [9.17, 15) is 4.39 Å². The van der Waals surface area contributed by atoms with Gasteiger partial charge in [0.2, 0.25) is 0 Å². The van der Waals surface area contributed by atoms with Gasteiger partial charge in [-0.05, 0) is 43.9 Å². The van der Waals surface area contributed by atoms with E-state index in [1.165, 1.54) is 17.1 Å². The number of nitrogens with zero attached hydrogens (tertiary/aromatic N) is 3. The van der Waals surface area contributed by atoms with Gasteiger partial charge in [0.25, 0.3) is 0 Å². The van der Waals surface area contributed by atoms with E-state index < -0.39 is 0 Å². The first kappa shape index (κ1) is 18.4. The molecule has 0 saturated heterocycles. The number of unbranched alkanes of at least 4 members (excludes halogenated alkanes) is 1. The second kappa shape index (κ2) is 9.37. The Morgan fingerprint density at radius 2 is 2.04 bits per heavy atom. The van der Waals surface area contributed by atoms with E-state index in [0.717, 1.165) is 43.0 Å². The summed E-state index contributed by atoms with van der Waals surface area (Å²) in [6, 6.07) is 6.57. The summed E-state index contributed by atoms with van der Waals surface area (Å²) in [6.07, 6.45) is 3.21. The lowest BCUT2D eigenvalue weighted by atomic mass is 10.2. The number of aromatic nitrogens is 1.